The third-order valence-electron chi connectivity index (χ3n) is 3.82. The Labute approximate surface area is 122 Å². The van der Waals surface area contributed by atoms with Crippen LogP contribution < -0.4 is 5.32 Å². The zero-order valence-electron chi connectivity index (χ0n) is 11.9. The lowest BCUT2D eigenvalue weighted by Crippen LogP contribution is -2.35. The number of amides is 2. The monoisotopic (exact) mass is 294 g/mol. The van der Waals surface area contributed by atoms with E-state index in [4.69, 9.17) is 5.11 Å². The van der Waals surface area contributed by atoms with Crippen LogP contribution in [0.25, 0.3) is 0 Å². The molecule has 6 heteroatoms. The lowest BCUT2D eigenvalue weighted by molar-refractivity contribution is 0.0693. The summed E-state index contributed by atoms with van der Waals surface area (Å²) in [5, 5.41) is 11.5. The number of hydrogen-bond acceptors (Lipinski definition) is 2. The molecule has 5 nitrogen and oxygen atoms in total. The highest BCUT2D eigenvalue weighted by atomic mass is 19.1. The number of nitrogens with zero attached hydrogens (tertiary/aromatic N) is 1. The van der Waals surface area contributed by atoms with E-state index in [9.17, 15) is 14.0 Å². The number of halogens is 1. The second-order valence-electron chi connectivity index (χ2n) is 5.43. The van der Waals surface area contributed by atoms with E-state index in [0.29, 0.717) is 12.5 Å². The van der Waals surface area contributed by atoms with Crippen molar-refractivity contribution in [2.45, 2.75) is 25.7 Å². The number of nitrogens with one attached hydrogen (secondary N) is 1. The molecule has 0 bridgehead atoms. The highest BCUT2D eigenvalue weighted by Crippen LogP contribution is 2.25. The first-order valence-electron chi connectivity index (χ1n) is 7.03. The van der Waals surface area contributed by atoms with Gasteiger partial charge in [0.2, 0.25) is 0 Å². The maximum atomic E-state index is 13.5. The van der Waals surface area contributed by atoms with Crippen LogP contribution >= 0.6 is 0 Å². The van der Waals surface area contributed by atoms with Crippen molar-refractivity contribution in [3.63, 3.8) is 0 Å². The number of anilines is 1. The molecule has 0 spiro atoms. The van der Waals surface area contributed by atoms with Crippen LogP contribution in [0, 0.1) is 11.7 Å². The number of benzene rings is 1. The molecule has 0 unspecified atom stereocenters. The molecule has 2 rings (SSSR count). The number of urea groups is 1. The summed E-state index contributed by atoms with van der Waals surface area (Å²) < 4.78 is 13.5. The summed E-state index contributed by atoms with van der Waals surface area (Å²) in [6.45, 7) is 0.629. The maximum Gasteiger partial charge on any atom is 0.340 e. The van der Waals surface area contributed by atoms with Gasteiger partial charge in [-0.2, -0.15) is 0 Å². The number of rotatable bonds is 4. The molecule has 1 aliphatic rings. The van der Waals surface area contributed by atoms with E-state index in [0.717, 1.165) is 18.9 Å². The third kappa shape index (κ3) is 3.71. The molecule has 1 aliphatic carbocycles. The number of aromatic carboxylic acids is 1. The van der Waals surface area contributed by atoms with Gasteiger partial charge in [0.05, 0.1) is 5.69 Å². The SMILES string of the molecule is CN(CC1CCCC1)C(=O)Nc1cccc(F)c1C(=O)O. The van der Waals surface area contributed by atoms with E-state index < -0.39 is 23.4 Å². The van der Waals surface area contributed by atoms with Crippen molar-refractivity contribution in [3.8, 4) is 0 Å². The van der Waals surface area contributed by atoms with E-state index in [1.54, 1.807) is 7.05 Å². The topological polar surface area (TPSA) is 69.6 Å². The molecule has 1 aromatic carbocycles. The minimum Gasteiger partial charge on any atom is -0.478 e. The van der Waals surface area contributed by atoms with Gasteiger partial charge < -0.3 is 15.3 Å². The highest BCUT2D eigenvalue weighted by Gasteiger charge is 2.22. The first-order valence-corrected chi connectivity index (χ1v) is 7.03. The van der Waals surface area contributed by atoms with Crippen LogP contribution in [-0.2, 0) is 0 Å². The predicted molar refractivity (Wildman–Crippen MR) is 77.0 cm³/mol. The zero-order chi connectivity index (χ0) is 15.4. The number of carboxylic acids is 1. The van der Waals surface area contributed by atoms with Crippen LogP contribution in [0.5, 0.6) is 0 Å². The Bertz CT molecular complexity index is 542. The molecule has 21 heavy (non-hydrogen) atoms. The van der Waals surface area contributed by atoms with Gasteiger partial charge in [0.15, 0.2) is 0 Å². The molecule has 2 amide bonds. The minimum atomic E-state index is -1.40. The van der Waals surface area contributed by atoms with E-state index in [1.165, 1.54) is 29.9 Å². The van der Waals surface area contributed by atoms with Crippen LogP contribution in [0.4, 0.5) is 14.9 Å². The Kier molecular flexibility index (Phi) is 4.77. The third-order valence-corrected chi connectivity index (χ3v) is 3.82. The summed E-state index contributed by atoms with van der Waals surface area (Å²) in [4.78, 5) is 24.7. The normalized spacial score (nSPS) is 15.0. The maximum absolute atomic E-state index is 13.5. The van der Waals surface area contributed by atoms with Crippen LogP contribution in [0.3, 0.4) is 0 Å². The van der Waals surface area contributed by atoms with Crippen molar-refractivity contribution in [3.05, 3.63) is 29.6 Å². The van der Waals surface area contributed by atoms with Crippen molar-refractivity contribution in [1.29, 1.82) is 0 Å². The van der Waals surface area contributed by atoms with Gasteiger partial charge in [0.1, 0.15) is 11.4 Å². The lowest BCUT2D eigenvalue weighted by atomic mass is 10.1. The zero-order valence-corrected chi connectivity index (χ0v) is 11.9. The molecule has 2 N–H and O–H groups in total. The van der Waals surface area contributed by atoms with Crippen LogP contribution in [0.1, 0.15) is 36.0 Å². The average Bonchev–Trinajstić information content (AvgIpc) is 2.91. The van der Waals surface area contributed by atoms with Crippen molar-refractivity contribution >= 4 is 17.7 Å². The van der Waals surface area contributed by atoms with Gasteiger partial charge in [-0.15, -0.1) is 0 Å². The molecule has 0 aromatic heterocycles. The predicted octanol–water partition coefficient (Wildman–Crippen LogP) is 3.18. The van der Waals surface area contributed by atoms with Crippen molar-refractivity contribution in [2.75, 3.05) is 18.9 Å². The summed E-state index contributed by atoms with van der Waals surface area (Å²) >= 11 is 0. The molecular weight excluding hydrogens is 275 g/mol. The van der Waals surface area contributed by atoms with Gasteiger partial charge in [-0.3, -0.25) is 0 Å². The molecule has 114 valence electrons. The van der Waals surface area contributed by atoms with Crippen LogP contribution in [0.2, 0.25) is 0 Å². The van der Waals surface area contributed by atoms with E-state index in [2.05, 4.69) is 5.32 Å². The van der Waals surface area contributed by atoms with Gasteiger partial charge in [-0.25, -0.2) is 14.0 Å². The smallest absolute Gasteiger partial charge is 0.340 e. The van der Waals surface area contributed by atoms with Crippen LogP contribution in [-0.4, -0.2) is 35.6 Å². The summed E-state index contributed by atoms with van der Waals surface area (Å²) in [5.41, 5.74) is -0.536. The molecule has 1 aromatic rings. The first-order chi connectivity index (χ1) is 9.99. The van der Waals surface area contributed by atoms with Gasteiger partial charge in [-0.05, 0) is 30.9 Å². The van der Waals surface area contributed by atoms with Gasteiger partial charge in [0.25, 0.3) is 0 Å². The summed E-state index contributed by atoms with van der Waals surface area (Å²) in [6, 6.07) is 3.39. The largest absolute Gasteiger partial charge is 0.478 e. The van der Waals surface area contributed by atoms with E-state index >= 15 is 0 Å². The molecule has 1 saturated carbocycles. The average molecular weight is 294 g/mol. The van der Waals surface area contributed by atoms with E-state index in [1.807, 2.05) is 0 Å². The number of hydrogen-bond donors (Lipinski definition) is 2. The van der Waals surface area contributed by atoms with Gasteiger partial charge in [-0.1, -0.05) is 18.9 Å². The summed E-state index contributed by atoms with van der Waals surface area (Å²) in [6.07, 6.45) is 4.59. The number of carbonyl (C=O) groups excluding carboxylic acids is 1. The molecule has 0 radical (unpaired) electrons. The van der Waals surface area contributed by atoms with Gasteiger partial charge >= 0.3 is 12.0 Å². The lowest BCUT2D eigenvalue weighted by Gasteiger charge is -2.22. The summed E-state index contributed by atoms with van der Waals surface area (Å²) in [5.74, 6) is -1.77. The minimum absolute atomic E-state index is 0.0224. The van der Waals surface area contributed by atoms with Crippen LogP contribution in [0.15, 0.2) is 18.2 Å². The highest BCUT2D eigenvalue weighted by molar-refractivity contribution is 6.00. The van der Waals surface area contributed by atoms with Crippen molar-refractivity contribution in [2.24, 2.45) is 5.92 Å². The number of carboxylic acid groups (broad SMARTS) is 1. The Morgan fingerprint density at radius 1 is 1.38 bits per heavy atom. The molecule has 0 aliphatic heterocycles. The second kappa shape index (κ2) is 6.56. The molecular formula is C15H19FN2O3. The van der Waals surface area contributed by atoms with Gasteiger partial charge in [0, 0.05) is 13.6 Å². The molecule has 0 heterocycles. The van der Waals surface area contributed by atoms with Crippen molar-refractivity contribution in [1.82, 2.24) is 4.90 Å². The number of carbonyl (C=O) groups is 2. The Morgan fingerprint density at radius 3 is 2.67 bits per heavy atom. The molecule has 1 fully saturated rings. The quantitative estimate of drug-likeness (QED) is 0.896. The standard InChI is InChI=1S/C15H19FN2O3/c1-18(9-10-5-2-3-6-10)15(21)17-12-8-4-7-11(16)13(12)14(19)20/h4,7-8,10H,2-3,5-6,9H2,1H3,(H,17,21)(H,19,20). The molecule has 0 atom stereocenters. The second-order valence-corrected chi connectivity index (χ2v) is 5.43. The fourth-order valence-electron chi connectivity index (χ4n) is 2.72. The fraction of sp³-hybridized carbons (Fsp3) is 0.467. The fourth-order valence-corrected chi connectivity index (χ4v) is 2.72. The Hall–Kier alpha value is -2.11. The Balaban J connectivity index is 2.05. The molecule has 0 saturated heterocycles. The Morgan fingerprint density at radius 2 is 2.05 bits per heavy atom. The first kappa shape index (κ1) is 15.3. The summed E-state index contributed by atoms with van der Waals surface area (Å²) in [7, 11) is 1.66. The van der Waals surface area contributed by atoms with Crippen molar-refractivity contribution < 1.29 is 19.1 Å². The van der Waals surface area contributed by atoms with E-state index in [-0.39, 0.29) is 5.69 Å².